The van der Waals surface area contributed by atoms with Crippen molar-refractivity contribution in [2.75, 3.05) is 13.2 Å². The van der Waals surface area contributed by atoms with Gasteiger partial charge in [0.15, 0.2) is 6.10 Å². The van der Waals surface area contributed by atoms with Gasteiger partial charge >= 0.3 is 5.97 Å². The molecule has 0 heterocycles. The Morgan fingerprint density at radius 1 is 1.50 bits per heavy atom. The van der Waals surface area contributed by atoms with Crippen molar-refractivity contribution >= 4 is 5.97 Å². The third kappa shape index (κ3) is 4.49. The van der Waals surface area contributed by atoms with Gasteiger partial charge in [-0.1, -0.05) is 19.8 Å². The third-order valence-electron chi connectivity index (χ3n) is 3.01. The van der Waals surface area contributed by atoms with Crippen molar-refractivity contribution < 1.29 is 19.4 Å². The number of carbonyl (C=O) groups is 1. The summed E-state index contributed by atoms with van der Waals surface area (Å²) in [6, 6.07) is 0. The molecule has 1 aliphatic rings. The zero-order chi connectivity index (χ0) is 12.0. The Morgan fingerprint density at radius 2 is 2.25 bits per heavy atom. The molecule has 1 N–H and O–H groups in total. The number of carboxylic acid groups (broad SMARTS) is 1. The maximum Gasteiger partial charge on any atom is 0.335 e. The van der Waals surface area contributed by atoms with Crippen molar-refractivity contribution in [3.63, 3.8) is 0 Å². The molecule has 4 nitrogen and oxygen atoms in total. The number of aliphatic carboxylic acids is 1. The molecule has 0 radical (unpaired) electrons. The topological polar surface area (TPSA) is 55.8 Å². The van der Waals surface area contributed by atoms with Gasteiger partial charge in [0.25, 0.3) is 0 Å². The molecule has 94 valence electrons. The van der Waals surface area contributed by atoms with Gasteiger partial charge < -0.3 is 14.6 Å². The van der Waals surface area contributed by atoms with Crippen LogP contribution in [-0.2, 0) is 14.3 Å². The van der Waals surface area contributed by atoms with Crippen LogP contribution in [0.2, 0.25) is 0 Å². The predicted octanol–water partition coefficient (Wildman–Crippen LogP) is 2.07. The fourth-order valence-electron chi connectivity index (χ4n) is 2.15. The van der Waals surface area contributed by atoms with Gasteiger partial charge in [-0.3, -0.25) is 0 Å². The Morgan fingerprint density at radius 3 is 2.81 bits per heavy atom. The number of rotatable bonds is 6. The van der Waals surface area contributed by atoms with Crippen LogP contribution in [0.25, 0.3) is 0 Å². The zero-order valence-corrected chi connectivity index (χ0v) is 10.1. The van der Waals surface area contributed by atoms with E-state index >= 15 is 0 Å². The van der Waals surface area contributed by atoms with Gasteiger partial charge in [0.05, 0.1) is 12.7 Å². The minimum atomic E-state index is -0.939. The maximum absolute atomic E-state index is 10.8. The summed E-state index contributed by atoms with van der Waals surface area (Å²) in [6.07, 6.45) is 3.92. The molecule has 0 aliphatic heterocycles. The lowest BCUT2D eigenvalue weighted by Gasteiger charge is -2.27. The highest BCUT2D eigenvalue weighted by atomic mass is 16.6. The van der Waals surface area contributed by atoms with Crippen LogP contribution in [0.1, 0.15) is 39.5 Å². The smallest absolute Gasteiger partial charge is 0.335 e. The average molecular weight is 230 g/mol. The van der Waals surface area contributed by atoms with Crippen molar-refractivity contribution in [2.24, 2.45) is 5.92 Å². The zero-order valence-electron chi connectivity index (χ0n) is 10.1. The molecule has 1 aliphatic carbocycles. The number of hydrogen-bond donors (Lipinski definition) is 1. The van der Waals surface area contributed by atoms with Crippen molar-refractivity contribution in [3.8, 4) is 0 Å². The number of ether oxygens (including phenoxy) is 2. The Hall–Kier alpha value is -0.610. The van der Waals surface area contributed by atoms with Gasteiger partial charge in [-0.25, -0.2) is 4.79 Å². The van der Waals surface area contributed by atoms with Gasteiger partial charge in [0.2, 0.25) is 0 Å². The second kappa shape index (κ2) is 6.86. The lowest BCUT2D eigenvalue weighted by atomic mass is 9.89. The van der Waals surface area contributed by atoms with Gasteiger partial charge in [0, 0.05) is 6.61 Å². The molecule has 0 saturated heterocycles. The fourth-order valence-corrected chi connectivity index (χ4v) is 2.15. The minimum Gasteiger partial charge on any atom is -0.479 e. The maximum atomic E-state index is 10.8. The SMILES string of the molecule is CCOC(COC1CCCC(C)C1)C(=O)O. The summed E-state index contributed by atoms with van der Waals surface area (Å²) < 4.78 is 10.7. The summed E-state index contributed by atoms with van der Waals surface area (Å²) in [6.45, 7) is 4.58. The standard InChI is InChI=1S/C12H22O4/c1-3-15-11(12(13)14)8-16-10-6-4-5-9(2)7-10/h9-11H,3-8H2,1-2H3,(H,13,14). The molecule has 0 spiro atoms. The largest absolute Gasteiger partial charge is 0.479 e. The Kier molecular flexibility index (Phi) is 5.77. The molecule has 4 heteroatoms. The number of carboxylic acids is 1. The molecule has 0 aromatic carbocycles. The van der Waals surface area contributed by atoms with Crippen molar-refractivity contribution in [2.45, 2.75) is 51.7 Å². The van der Waals surface area contributed by atoms with Crippen molar-refractivity contribution in [1.82, 2.24) is 0 Å². The molecule has 0 aromatic heterocycles. The first-order valence-electron chi connectivity index (χ1n) is 6.09. The quantitative estimate of drug-likeness (QED) is 0.759. The lowest BCUT2D eigenvalue weighted by Crippen LogP contribution is -2.32. The summed E-state index contributed by atoms with van der Waals surface area (Å²) in [4.78, 5) is 10.8. The first-order valence-corrected chi connectivity index (χ1v) is 6.09. The molecular formula is C12H22O4. The molecule has 0 bridgehead atoms. The molecule has 1 saturated carbocycles. The van der Waals surface area contributed by atoms with E-state index < -0.39 is 12.1 Å². The van der Waals surface area contributed by atoms with E-state index in [9.17, 15) is 4.79 Å². The molecule has 3 unspecified atom stereocenters. The summed E-state index contributed by atoms with van der Waals surface area (Å²) in [7, 11) is 0. The van der Waals surface area contributed by atoms with Gasteiger partial charge in [-0.15, -0.1) is 0 Å². The Bertz CT molecular complexity index is 217. The molecular weight excluding hydrogens is 208 g/mol. The summed E-state index contributed by atoms with van der Waals surface area (Å²) in [5.74, 6) is -0.250. The van der Waals surface area contributed by atoms with Crippen LogP contribution in [-0.4, -0.2) is 36.5 Å². The number of hydrogen-bond acceptors (Lipinski definition) is 3. The second-order valence-corrected chi connectivity index (χ2v) is 4.51. The average Bonchev–Trinajstić information content (AvgIpc) is 2.24. The van der Waals surface area contributed by atoms with Crippen LogP contribution in [0.15, 0.2) is 0 Å². The van der Waals surface area contributed by atoms with Gasteiger partial charge in [0.1, 0.15) is 0 Å². The van der Waals surface area contributed by atoms with Crippen molar-refractivity contribution in [1.29, 1.82) is 0 Å². The summed E-state index contributed by atoms with van der Waals surface area (Å²) in [5.41, 5.74) is 0. The van der Waals surface area contributed by atoms with E-state index in [2.05, 4.69) is 6.92 Å². The monoisotopic (exact) mass is 230 g/mol. The highest BCUT2D eigenvalue weighted by Gasteiger charge is 2.23. The van der Waals surface area contributed by atoms with Crippen LogP contribution in [0, 0.1) is 5.92 Å². The molecule has 3 atom stereocenters. The van der Waals surface area contributed by atoms with Crippen LogP contribution in [0.5, 0.6) is 0 Å². The Labute approximate surface area is 96.9 Å². The van der Waals surface area contributed by atoms with E-state index in [1.165, 1.54) is 12.8 Å². The summed E-state index contributed by atoms with van der Waals surface area (Å²) in [5, 5.41) is 8.88. The fraction of sp³-hybridized carbons (Fsp3) is 0.917. The highest BCUT2D eigenvalue weighted by Crippen LogP contribution is 2.25. The molecule has 16 heavy (non-hydrogen) atoms. The molecule has 1 rings (SSSR count). The molecule has 0 amide bonds. The first kappa shape index (κ1) is 13.5. The van der Waals surface area contributed by atoms with E-state index in [0.717, 1.165) is 12.8 Å². The van der Waals surface area contributed by atoms with E-state index in [0.29, 0.717) is 12.5 Å². The van der Waals surface area contributed by atoms with Crippen LogP contribution >= 0.6 is 0 Å². The molecule has 0 aromatic rings. The Balaban J connectivity index is 2.28. The highest BCUT2D eigenvalue weighted by molar-refractivity contribution is 5.72. The van der Waals surface area contributed by atoms with E-state index in [-0.39, 0.29) is 12.7 Å². The van der Waals surface area contributed by atoms with Gasteiger partial charge in [-0.2, -0.15) is 0 Å². The van der Waals surface area contributed by atoms with Crippen LogP contribution < -0.4 is 0 Å². The molecule has 1 fully saturated rings. The van der Waals surface area contributed by atoms with E-state index in [1.807, 2.05) is 0 Å². The van der Waals surface area contributed by atoms with E-state index in [4.69, 9.17) is 14.6 Å². The first-order chi connectivity index (χ1) is 7.63. The van der Waals surface area contributed by atoms with E-state index in [1.54, 1.807) is 6.92 Å². The van der Waals surface area contributed by atoms with Gasteiger partial charge in [-0.05, 0) is 25.7 Å². The normalized spacial score (nSPS) is 27.6. The second-order valence-electron chi connectivity index (χ2n) is 4.51. The summed E-state index contributed by atoms with van der Waals surface area (Å²) >= 11 is 0. The lowest BCUT2D eigenvalue weighted by molar-refractivity contribution is -0.156. The minimum absolute atomic E-state index is 0.167. The van der Waals surface area contributed by atoms with Crippen molar-refractivity contribution in [3.05, 3.63) is 0 Å². The van der Waals surface area contributed by atoms with Crippen LogP contribution in [0.4, 0.5) is 0 Å². The predicted molar refractivity (Wildman–Crippen MR) is 60.4 cm³/mol. The van der Waals surface area contributed by atoms with Crippen LogP contribution in [0.3, 0.4) is 0 Å². The third-order valence-corrected chi connectivity index (χ3v) is 3.01.